The summed E-state index contributed by atoms with van der Waals surface area (Å²) in [5.74, 6) is 1.39. The molecule has 1 unspecified atom stereocenters. The molecule has 1 saturated heterocycles. The van der Waals surface area contributed by atoms with Gasteiger partial charge in [0.1, 0.15) is 28.8 Å². The van der Waals surface area contributed by atoms with Crippen LogP contribution < -0.4 is 9.64 Å². The summed E-state index contributed by atoms with van der Waals surface area (Å²) < 4.78 is 7.33. The van der Waals surface area contributed by atoms with Crippen LogP contribution in [0, 0.1) is 0 Å². The van der Waals surface area contributed by atoms with Crippen LogP contribution in [0.4, 0.5) is 5.82 Å². The van der Waals surface area contributed by atoms with Gasteiger partial charge in [-0.05, 0) is 31.0 Å². The molecule has 0 spiro atoms. The summed E-state index contributed by atoms with van der Waals surface area (Å²) >= 11 is 0. The lowest BCUT2D eigenvalue weighted by atomic mass is 10.00. The minimum atomic E-state index is -0.237. The third kappa shape index (κ3) is 3.29. The minimum Gasteiger partial charge on any atom is -0.494 e. The molecule has 1 fully saturated rings. The standard InChI is InChI=1S/C23H24N8O2/c1-33-19-5-4-9-31-18(19)11-16(28-31)22-21-15(26-14-27-21)6-10-30(22)20-13-24-17(12-25-20)23(32)29-7-2-3-8-29/h4-5,9,11-14,22H,2-3,6-8,10H2,1H3,(H,26,27). The lowest BCUT2D eigenvalue weighted by molar-refractivity contribution is 0.0786. The van der Waals surface area contributed by atoms with Gasteiger partial charge in [-0.3, -0.25) is 4.79 Å². The summed E-state index contributed by atoms with van der Waals surface area (Å²) in [6, 6.07) is 5.61. The number of imidazole rings is 1. The first-order chi connectivity index (χ1) is 16.2. The second-order valence-corrected chi connectivity index (χ2v) is 8.35. The second-order valence-electron chi connectivity index (χ2n) is 8.35. The minimum absolute atomic E-state index is 0.0521. The molecule has 6 heterocycles. The van der Waals surface area contributed by atoms with Gasteiger partial charge in [0.05, 0.1) is 37.2 Å². The zero-order valence-corrected chi connectivity index (χ0v) is 18.3. The smallest absolute Gasteiger partial charge is 0.274 e. The predicted octanol–water partition coefficient (Wildman–Crippen LogP) is 2.24. The van der Waals surface area contributed by atoms with Gasteiger partial charge in [0.2, 0.25) is 0 Å². The summed E-state index contributed by atoms with van der Waals surface area (Å²) in [5.41, 5.74) is 4.12. The first-order valence-electron chi connectivity index (χ1n) is 11.2. The van der Waals surface area contributed by atoms with Crippen molar-refractivity contribution in [3.63, 3.8) is 0 Å². The molecule has 4 aromatic rings. The van der Waals surface area contributed by atoms with Gasteiger partial charge in [-0.2, -0.15) is 5.10 Å². The summed E-state index contributed by atoms with van der Waals surface area (Å²) in [7, 11) is 1.65. The highest BCUT2D eigenvalue weighted by Gasteiger charge is 2.34. The number of hydrogen-bond acceptors (Lipinski definition) is 7. The number of aromatic nitrogens is 6. The SMILES string of the molecule is COc1cccn2nc(C3c4nc[nH]c4CCN3c3cnc(C(=O)N4CCCC4)cn3)cc12. The number of likely N-dealkylation sites (tertiary alicyclic amines) is 1. The van der Waals surface area contributed by atoms with Crippen molar-refractivity contribution < 1.29 is 9.53 Å². The van der Waals surface area contributed by atoms with Crippen molar-refractivity contribution >= 4 is 17.2 Å². The molecule has 1 N–H and O–H groups in total. The van der Waals surface area contributed by atoms with Gasteiger partial charge in [0.15, 0.2) is 0 Å². The summed E-state index contributed by atoms with van der Waals surface area (Å²) in [6.07, 6.45) is 9.79. The van der Waals surface area contributed by atoms with E-state index < -0.39 is 0 Å². The molecule has 0 saturated carbocycles. The summed E-state index contributed by atoms with van der Waals surface area (Å²) in [6.45, 7) is 2.30. The van der Waals surface area contributed by atoms with E-state index in [1.807, 2.05) is 33.8 Å². The van der Waals surface area contributed by atoms with Crippen molar-refractivity contribution in [2.75, 3.05) is 31.6 Å². The Morgan fingerprint density at radius 1 is 1.15 bits per heavy atom. The largest absolute Gasteiger partial charge is 0.494 e. The van der Waals surface area contributed by atoms with Crippen molar-refractivity contribution in [1.82, 2.24) is 34.4 Å². The highest BCUT2D eigenvalue weighted by atomic mass is 16.5. The summed E-state index contributed by atoms with van der Waals surface area (Å²) in [5, 5.41) is 4.83. The molecule has 2 aliphatic rings. The number of carbonyl (C=O) groups is 1. The Kier molecular flexibility index (Phi) is 4.70. The first-order valence-corrected chi connectivity index (χ1v) is 11.2. The number of anilines is 1. The van der Waals surface area contributed by atoms with Gasteiger partial charge < -0.3 is 19.5 Å². The van der Waals surface area contributed by atoms with Gasteiger partial charge in [0, 0.05) is 37.9 Å². The Bertz CT molecular complexity index is 1310. The third-order valence-corrected chi connectivity index (χ3v) is 6.45. The quantitative estimate of drug-likeness (QED) is 0.515. The van der Waals surface area contributed by atoms with E-state index in [0.717, 1.165) is 67.2 Å². The van der Waals surface area contributed by atoms with Gasteiger partial charge in [-0.25, -0.2) is 19.5 Å². The van der Waals surface area contributed by atoms with Crippen molar-refractivity contribution in [2.45, 2.75) is 25.3 Å². The molecule has 10 heteroatoms. The van der Waals surface area contributed by atoms with Gasteiger partial charge in [-0.15, -0.1) is 0 Å². The molecule has 10 nitrogen and oxygen atoms in total. The number of pyridine rings is 1. The maximum atomic E-state index is 12.7. The Hall–Kier alpha value is -3.95. The maximum absolute atomic E-state index is 12.7. The number of carbonyl (C=O) groups excluding carboxylic acids is 1. The fourth-order valence-corrected chi connectivity index (χ4v) is 4.80. The van der Waals surface area contributed by atoms with E-state index in [2.05, 4.69) is 24.8 Å². The number of H-pyrrole nitrogens is 1. The molecule has 6 rings (SSSR count). The van der Waals surface area contributed by atoms with Crippen molar-refractivity contribution in [3.8, 4) is 5.75 Å². The topological polar surface area (TPSA) is 105 Å². The van der Waals surface area contributed by atoms with E-state index in [-0.39, 0.29) is 11.9 Å². The van der Waals surface area contributed by atoms with E-state index in [1.54, 1.807) is 25.8 Å². The number of nitrogens with one attached hydrogen (secondary N) is 1. The number of nitrogens with zero attached hydrogens (tertiary/aromatic N) is 7. The highest BCUT2D eigenvalue weighted by Crippen LogP contribution is 2.36. The van der Waals surface area contributed by atoms with E-state index in [4.69, 9.17) is 9.84 Å². The Labute approximate surface area is 190 Å². The number of rotatable bonds is 4. The molecule has 33 heavy (non-hydrogen) atoms. The van der Waals surface area contributed by atoms with Crippen molar-refractivity contribution in [3.05, 3.63) is 65.9 Å². The highest BCUT2D eigenvalue weighted by molar-refractivity contribution is 5.92. The Morgan fingerprint density at radius 2 is 2.03 bits per heavy atom. The molecule has 0 aliphatic carbocycles. The van der Waals surface area contributed by atoms with Crippen molar-refractivity contribution in [2.24, 2.45) is 0 Å². The molecule has 0 aromatic carbocycles. The average molecular weight is 444 g/mol. The third-order valence-electron chi connectivity index (χ3n) is 6.45. The normalized spacial score (nSPS) is 18.0. The second kappa shape index (κ2) is 7.88. The number of aromatic amines is 1. The van der Waals surface area contributed by atoms with Crippen LogP contribution in [0.1, 0.15) is 46.5 Å². The van der Waals surface area contributed by atoms with Crippen LogP contribution in [0.3, 0.4) is 0 Å². The van der Waals surface area contributed by atoms with Crippen LogP contribution in [-0.4, -0.2) is 67.1 Å². The molecule has 168 valence electrons. The van der Waals surface area contributed by atoms with Crippen LogP contribution in [0.25, 0.3) is 5.52 Å². The van der Waals surface area contributed by atoms with Crippen molar-refractivity contribution in [1.29, 1.82) is 0 Å². The lowest BCUT2D eigenvalue weighted by Gasteiger charge is -2.34. The zero-order chi connectivity index (χ0) is 22.4. The van der Waals surface area contributed by atoms with E-state index in [1.165, 1.54) is 0 Å². The molecular formula is C23H24N8O2. The molecule has 1 amide bonds. The summed E-state index contributed by atoms with van der Waals surface area (Å²) in [4.78, 5) is 33.6. The Morgan fingerprint density at radius 3 is 2.82 bits per heavy atom. The molecule has 1 atom stereocenters. The van der Waals surface area contributed by atoms with Gasteiger partial charge in [0.25, 0.3) is 5.91 Å². The Balaban J connectivity index is 1.38. The van der Waals surface area contributed by atoms with Gasteiger partial charge in [-0.1, -0.05) is 0 Å². The fourth-order valence-electron chi connectivity index (χ4n) is 4.80. The number of hydrogen-bond donors (Lipinski definition) is 1. The molecule has 0 radical (unpaired) electrons. The average Bonchev–Trinajstić information content (AvgIpc) is 3.63. The van der Waals surface area contributed by atoms with Crippen LogP contribution in [0.15, 0.2) is 43.1 Å². The monoisotopic (exact) mass is 444 g/mol. The zero-order valence-electron chi connectivity index (χ0n) is 18.3. The first kappa shape index (κ1) is 19.7. The number of methoxy groups -OCH3 is 1. The maximum Gasteiger partial charge on any atom is 0.274 e. The molecular weight excluding hydrogens is 420 g/mol. The molecule has 4 aromatic heterocycles. The van der Waals surface area contributed by atoms with Crippen LogP contribution in [-0.2, 0) is 6.42 Å². The van der Waals surface area contributed by atoms with E-state index in [0.29, 0.717) is 11.5 Å². The fraction of sp³-hybridized carbons (Fsp3) is 0.348. The van der Waals surface area contributed by atoms with E-state index in [9.17, 15) is 4.79 Å². The lowest BCUT2D eigenvalue weighted by Crippen LogP contribution is -2.37. The predicted molar refractivity (Wildman–Crippen MR) is 120 cm³/mol. The molecule has 0 bridgehead atoms. The van der Waals surface area contributed by atoms with E-state index >= 15 is 0 Å². The van der Waals surface area contributed by atoms with Crippen LogP contribution in [0.2, 0.25) is 0 Å². The van der Waals surface area contributed by atoms with Crippen LogP contribution in [0.5, 0.6) is 5.75 Å². The number of amides is 1. The number of ether oxygens (including phenoxy) is 1. The van der Waals surface area contributed by atoms with Crippen LogP contribution >= 0.6 is 0 Å². The molecule has 2 aliphatic heterocycles. The number of fused-ring (bicyclic) bond motifs is 2. The van der Waals surface area contributed by atoms with Gasteiger partial charge >= 0.3 is 0 Å².